The molecular weight excluding hydrogens is 295 g/mol. The highest BCUT2D eigenvalue weighted by Gasteiger charge is 2.35. The highest BCUT2D eigenvalue weighted by molar-refractivity contribution is 7.99. The van der Waals surface area contributed by atoms with Gasteiger partial charge in [-0.2, -0.15) is 0 Å². The van der Waals surface area contributed by atoms with Gasteiger partial charge in [0.05, 0.1) is 16.6 Å². The van der Waals surface area contributed by atoms with E-state index in [0.29, 0.717) is 5.75 Å². The van der Waals surface area contributed by atoms with E-state index in [1.54, 1.807) is 0 Å². The number of aliphatic carboxylic acids is 1. The molecule has 1 fully saturated rings. The summed E-state index contributed by atoms with van der Waals surface area (Å²) in [6, 6.07) is 2.43. The fourth-order valence-electron chi connectivity index (χ4n) is 1.64. The van der Waals surface area contributed by atoms with Crippen molar-refractivity contribution < 1.29 is 19.1 Å². The summed E-state index contributed by atoms with van der Waals surface area (Å²) in [4.78, 5) is 24.0. The number of hydrogen-bond acceptors (Lipinski definition) is 3. The number of thioether (sulfide) groups is 1. The number of carboxylic acid groups (broad SMARTS) is 1. The summed E-state index contributed by atoms with van der Waals surface area (Å²) < 4.78 is 13.5. The third-order valence-electron chi connectivity index (χ3n) is 2.62. The maximum atomic E-state index is 13.5. The molecular formula is C11H10ClFN2O3S. The van der Waals surface area contributed by atoms with Crippen molar-refractivity contribution in [2.45, 2.75) is 6.04 Å². The predicted octanol–water partition coefficient (Wildman–Crippen LogP) is 2.47. The number of carbonyl (C=O) groups excluding carboxylic acids is 1. The van der Waals surface area contributed by atoms with Crippen molar-refractivity contribution in [3.05, 3.63) is 29.0 Å². The lowest BCUT2D eigenvalue weighted by atomic mass is 10.3. The van der Waals surface area contributed by atoms with Crippen LogP contribution in [-0.4, -0.2) is 39.7 Å². The molecule has 0 unspecified atom stereocenters. The number of rotatable bonds is 2. The maximum absolute atomic E-state index is 13.5. The van der Waals surface area contributed by atoms with Gasteiger partial charge in [0.1, 0.15) is 11.9 Å². The molecule has 5 nitrogen and oxygen atoms in total. The lowest BCUT2D eigenvalue weighted by Gasteiger charge is -2.21. The summed E-state index contributed by atoms with van der Waals surface area (Å²) in [6.45, 7) is 0. The molecule has 0 aromatic heterocycles. The summed E-state index contributed by atoms with van der Waals surface area (Å²) >= 11 is 7.11. The lowest BCUT2D eigenvalue weighted by Crippen LogP contribution is -2.44. The molecule has 1 atom stereocenters. The summed E-state index contributed by atoms with van der Waals surface area (Å²) in [5.41, 5.74) is -0.143. The van der Waals surface area contributed by atoms with Gasteiger partial charge in [-0.1, -0.05) is 17.7 Å². The largest absolute Gasteiger partial charge is 0.480 e. The fourth-order valence-corrected chi connectivity index (χ4v) is 3.00. The molecule has 1 aliphatic rings. The number of benzene rings is 1. The van der Waals surface area contributed by atoms with E-state index < -0.39 is 23.9 Å². The third kappa shape index (κ3) is 2.93. The van der Waals surface area contributed by atoms with Gasteiger partial charge in [-0.3, -0.25) is 0 Å². The number of nitrogens with zero attached hydrogens (tertiary/aromatic N) is 1. The van der Waals surface area contributed by atoms with E-state index in [4.69, 9.17) is 16.7 Å². The third-order valence-corrected chi connectivity index (χ3v) is 3.95. The standard InChI is InChI=1S/C11H10ClFN2O3S/c12-6-2-1-3-7(13)9(6)14-11(18)15-5-19-4-8(15)10(16)17/h1-3,8H,4-5H2,(H,14,18)(H,16,17)/t8-/m0/s1. The smallest absolute Gasteiger partial charge is 0.327 e. The Balaban J connectivity index is 2.15. The minimum absolute atomic E-state index is 0.0621. The van der Waals surface area contributed by atoms with Gasteiger partial charge in [-0.15, -0.1) is 11.8 Å². The SMILES string of the molecule is O=C(O)[C@@H]1CSCN1C(=O)Nc1c(F)cccc1Cl. The average Bonchev–Trinajstić information content (AvgIpc) is 2.83. The second kappa shape index (κ2) is 5.66. The van der Waals surface area contributed by atoms with Crippen LogP contribution in [-0.2, 0) is 4.79 Å². The molecule has 19 heavy (non-hydrogen) atoms. The summed E-state index contributed by atoms with van der Waals surface area (Å²) in [5.74, 6) is -1.19. The molecule has 1 aromatic carbocycles. The highest BCUT2D eigenvalue weighted by atomic mass is 35.5. The van der Waals surface area contributed by atoms with Gasteiger partial charge in [0.15, 0.2) is 0 Å². The molecule has 102 valence electrons. The van der Waals surface area contributed by atoms with E-state index in [2.05, 4.69) is 5.32 Å². The Labute approximate surface area is 117 Å². The Hall–Kier alpha value is -1.47. The molecule has 1 aromatic rings. The van der Waals surface area contributed by atoms with Crippen LogP contribution < -0.4 is 5.32 Å². The van der Waals surface area contributed by atoms with Crippen LogP contribution in [0.25, 0.3) is 0 Å². The molecule has 1 aliphatic heterocycles. The Bertz CT molecular complexity index is 508. The topological polar surface area (TPSA) is 69.6 Å². The number of amides is 2. The Morgan fingerprint density at radius 2 is 2.26 bits per heavy atom. The second-order valence-corrected chi connectivity index (χ2v) is 5.26. The van der Waals surface area contributed by atoms with Crippen LogP contribution in [0, 0.1) is 5.82 Å². The number of carbonyl (C=O) groups is 2. The van der Waals surface area contributed by atoms with Crippen molar-refractivity contribution in [3.8, 4) is 0 Å². The number of para-hydroxylation sites is 1. The number of halogens is 2. The van der Waals surface area contributed by atoms with Crippen molar-refractivity contribution in [2.24, 2.45) is 0 Å². The maximum Gasteiger partial charge on any atom is 0.327 e. The number of urea groups is 1. The second-order valence-electron chi connectivity index (χ2n) is 3.85. The first kappa shape index (κ1) is 14.0. The van der Waals surface area contributed by atoms with Gasteiger partial charge in [0.2, 0.25) is 0 Å². The quantitative estimate of drug-likeness (QED) is 0.880. The van der Waals surface area contributed by atoms with Gasteiger partial charge >= 0.3 is 12.0 Å². The fraction of sp³-hybridized carbons (Fsp3) is 0.273. The van der Waals surface area contributed by atoms with E-state index >= 15 is 0 Å². The van der Waals surface area contributed by atoms with Crippen LogP contribution in [0.1, 0.15) is 0 Å². The highest BCUT2D eigenvalue weighted by Crippen LogP contribution is 2.27. The van der Waals surface area contributed by atoms with Crippen molar-refractivity contribution in [1.82, 2.24) is 4.90 Å². The molecule has 1 saturated heterocycles. The number of anilines is 1. The average molecular weight is 305 g/mol. The van der Waals surface area contributed by atoms with Gasteiger partial charge in [-0.25, -0.2) is 14.0 Å². The van der Waals surface area contributed by atoms with Crippen molar-refractivity contribution in [3.63, 3.8) is 0 Å². The molecule has 1 heterocycles. The van der Waals surface area contributed by atoms with E-state index in [1.165, 1.54) is 23.9 Å². The first-order valence-corrected chi connectivity index (χ1v) is 6.86. The Morgan fingerprint density at radius 3 is 2.89 bits per heavy atom. The summed E-state index contributed by atoms with van der Waals surface area (Å²) in [6.07, 6.45) is 0. The van der Waals surface area contributed by atoms with Crippen LogP contribution >= 0.6 is 23.4 Å². The van der Waals surface area contributed by atoms with Crippen LogP contribution in [0.5, 0.6) is 0 Å². The normalized spacial score (nSPS) is 18.4. The van der Waals surface area contributed by atoms with E-state index in [0.717, 1.165) is 11.0 Å². The minimum Gasteiger partial charge on any atom is -0.480 e. The Morgan fingerprint density at radius 1 is 1.53 bits per heavy atom. The van der Waals surface area contributed by atoms with Crippen LogP contribution in [0.2, 0.25) is 5.02 Å². The summed E-state index contributed by atoms with van der Waals surface area (Å²) in [7, 11) is 0. The van der Waals surface area contributed by atoms with E-state index in [9.17, 15) is 14.0 Å². The zero-order valence-corrected chi connectivity index (χ0v) is 11.2. The summed E-state index contributed by atoms with van der Waals surface area (Å²) in [5, 5.41) is 11.3. The molecule has 2 rings (SSSR count). The molecule has 0 spiro atoms. The molecule has 2 N–H and O–H groups in total. The monoisotopic (exact) mass is 304 g/mol. The lowest BCUT2D eigenvalue weighted by molar-refractivity contribution is -0.140. The number of hydrogen-bond donors (Lipinski definition) is 2. The molecule has 2 amide bonds. The van der Waals surface area contributed by atoms with Crippen LogP contribution in [0.15, 0.2) is 18.2 Å². The van der Waals surface area contributed by atoms with Crippen LogP contribution in [0.4, 0.5) is 14.9 Å². The zero-order chi connectivity index (χ0) is 14.0. The predicted molar refractivity (Wildman–Crippen MR) is 71.0 cm³/mol. The van der Waals surface area contributed by atoms with Crippen molar-refractivity contribution in [1.29, 1.82) is 0 Å². The molecule has 0 radical (unpaired) electrons. The van der Waals surface area contributed by atoms with E-state index in [-0.39, 0.29) is 16.6 Å². The minimum atomic E-state index is -1.08. The molecule has 0 aliphatic carbocycles. The van der Waals surface area contributed by atoms with E-state index in [1.807, 2.05) is 0 Å². The van der Waals surface area contributed by atoms with Gasteiger partial charge < -0.3 is 15.3 Å². The zero-order valence-electron chi connectivity index (χ0n) is 9.60. The molecule has 8 heteroatoms. The van der Waals surface area contributed by atoms with Crippen molar-refractivity contribution in [2.75, 3.05) is 16.9 Å². The number of carboxylic acids is 1. The van der Waals surface area contributed by atoms with Gasteiger partial charge in [0, 0.05) is 5.75 Å². The van der Waals surface area contributed by atoms with Gasteiger partial charge in [0.25, 0.3) is 0 Å². The van der Waals surface area contributed by atoms with Gasteiger partial charge in [-0.05, 0) is 12.1 Å². The Kier molecular flexibility index (Phi) is 4.16. The first-order chi connectivity index (χ1) is 9.00. The van der Waals surface area contributed by atoms with Crippen molar-refractivity contribution >= 4 is 41.1 Å². The first-order valence-electron chi connectivity index (χ1n) is 5.33. The molecule has 0 bridgehead atoms. The molecule has 0 saturated carbocycles. The number of nitrogens with one attached hydrogen (secondary N) is 1. The van der Waals surface area contributed by atoms with Crippen LogP contribution in [0.3, 0.4) is 0 Å².